The van der Waals surface area contributed by atoms with Crippen LogP contribution < -0.4 is 0 Å². The predicted octanol–water partition coefficient (Wildman–Crippen LogP) is 1.95. The summed E-state index contributed by atoms with van der Waals surface area (Å²) in [6, 6.07) is 0. The highest BCUT2D eigenvalue weighted by Crippen LogP contribution is 2.29. The number of alkyl halides is 1. The van der Waals surface area contributed by atoms with Gasteiger partial charge in [0.25, 0.3) is 0 Å². The topological polar surface area (TPSA) is 29.5 Å². The smallest absolute Gasteiger partial charge is 0.0870 e. The van der Waals surface area contributed by atoms with Crippen LogP contribution in [0.15, 0.2) is 0 Å². The van der Waals surface area contributed by atoms with Gasteiger partial charge in [0.15, 0.2) is 0 Å². The van der Waals surface area contributed by atoms with Crippen LogP contribution >= 0.6 is 15.9 Å². The molecule has 2 nitrogen and oxygen atoms in total. The molecule has 0 amide bonds. The lowest BCUT2D eigenvalue weighted by atomic mass is 9.83. The largest absolute Gasteiger partial charge is 0.390 e. The summed E-state index contributed by atoms with van der Waals surface area (Å²) in [6.07, 6.45) is 4.99. The zero-order chi connectivity index (χ0) is 8.81. The molecule has 0 aromatic heterocycles. The van der Waals surface area contributed by atoms with E-state index < -0.39 is 0 Å². The Morgan fingerprint density at radius 1 is 1.50 bits per heavy atom. The second kappa shape index (κ2) is 5.95. The van der Waals surface area contributed by atoms with Crippen molar-refractivity contribution >= 4 is 15.9 Å². The van der Waals surface area contributed by atoms with Gasteiger partial charge in [0.05, 0.1) is 12.7 Å². The van der Waals surface area contributed by atoms with Gasteiger partial charge in [-0.1, -0.05) is 35.2 Å². The highest BCUT2D eigenvalue weighted by molar-refractivity contribution is 9.09. The lowest BCUT2D eigenvalue weighted by Crippen LogP contribution is -2.19. The predicted molar refractivity (Wildman–Crippen MR) is 52.6 cm³/mol. The van der Waals surface area contributed by atoms with E-state index in [1.165, 1.54) is 25.7 Å². The van der Waals surface area contributed by atoms with Crippen LogP contribution in [0.25, 0.3) is 0 Å². The van der Waals surface area contributed by atoms with Crippen LogP contribution in [0.3, 0.4) is 0 Å². The maximum Gasteiger partial charge on any atom is 0.0870 e. The molecule has 1 N–H and O–H groups in total. The van der Waals surface area contributed by atoms with Crippen molar-refractivity contribution in [3.05, 3.63) is 0 Å². The molecule has 1 aliphatic carbocycles. The van der Waals surface area contributed by atoms with Crippen molar-refractivity contribution in [2.75, 3.05) is 18.5 Å². The first-order valence-electron chi connectivity index (χ1n) is 4.64. The molecule has 1 unspecified atom stereocenters. The minimum absolute atomic E-state index is 0.341. The maximum atomic E-state index is 9.12. The van der Waals surface area contributed by atoms with Gasteiger partial charge in [-0.05, 0) is 12.3 Å². The zero-order valence-corrected chi connectivity index (χ0v) is 8.92. The fraction of sp³-hybridized carbons (Fsp3) is 1.00. The SMILES string of the molecule is OC(CBr)COCCC1CCC1. The van der Waals surface area contributed by atoms with Gasteiger partial charge in [-0.25, -0.2) is 0 Å². The first kappa shape index (κ1) is 10.5. The molecule has 0 radical (unpaired) electrons. The van der Waals surface area contributed by atoms with Crippen molar-refractivity contribution in [2.24, 2.45) is 5.92 Å². The fourth-order valence-corrected chi connectivity index (χ4v) is 1.48. The first-order valence-corrected chi connectivity index (χ1v) is 5.77. The highest BCUT2D eigenvalue weighted by Gasteiger charge is 2.16. The van der Waals surface area contributed by atoms with Gasteiger partial charge in [0.1, 0.15) is 0 Å². The second-order valence-corrected chi connectivity index (χ2v) is 4.12. The molecular weight excluding hydrogens is 220 g/mol. The zero-order valence-electron chi connectivity index (χ0n) is 7.34. The lowest BCUT2D eigenvalue weighted by molar-refractivity contribution is 0.0383. The van der Waals surface area contributed by atoms with E-state index in [-0.39, 0.29) is 6.10 Å². The van der Waals surface area contributed by atoms with E-state index in [4.69, 9.17) is 9.84 Å². The number of hydrogen-bond acceptors (Lipinski definition) is 2. The molecular formula is C9H17BrO2. The molecule has 0 saturated heterocycles. The second-order valence-electron chi connectivity index (χ2n) is 3.47. The van der Waals surface area contributed by atoms with Crippen LogP contribution in [0, 0.1) is 5.92 Å². The van der Waals surface area contributed by atoms with Crippen LogP contribution in [0.5, 0.6) is 0 Å². The van der Waals surface area contributed by atoms with E-state index in [1.54, 1.807) is 0 Å². The minimum Gasteiger partial charge on any atom is -0.390 e. The Labute approximate surface area is 82.4 Å². The number of rotatable bonds is 6. The van der Waals surface area contributed by atoms with Crippen molar-refractivity contribution in [3.63, 3.8) is 0 Å². The Morgan fingerprint density at radius 2 is 2.25 bits per heavy atom. The summed E-state index contributed by atoms with van der Waals surface area (Å²) in [5, 5.41) is 9.73. The monoisotopic (exact) mass is 236 g/mol. The summed E-state index contributed by atoms with van der Waals surface area (Å²) in [5.41, 5.74) is 0. The molecule has 0 spiro atoms. The molecule has 0 bridgehead atoms. The third-order valence-electron chi connectivity index (χ3n) is 2.38. The molecule has 12 heavy (non-hydrogen) atoms. The van der Waals surface area contributed by atoms with E-state index in [0.29, 0.717) is 11.9 Å². The number of ether oxygens (including phenoxy) is 1. The molecule has 72 valence electrons. The van der Waals surface area contributed by atoms with E-state index in [2.05, 4.69) is 15.9 Å². The van der Waals surface area contributed by atoms with Gasteiger partial charge in [0, 0.05) is 11.9 Å². The number of halogens is 1. The summed E-state index contributed by atoms with van der Waals surface area (Å²) in [7, 11) is 0. The normalized spacial score (nSPS) is 20.5. The Morgan fingerprint density at radius 3 is 2.75 bits per heavy atom. The van der Waals surface area contributed by atoms with Gasteiger partial charge in [-0.2, -0.15) is 0 Å². The number of aliphatic hydroxyl groups excluding tert-OH is 1. The molecule has 1 aliphatic rings. The highest BCUT2D eigenvalue weighted by atomic mass is 79.9. The molecule has 1 atom stereocenters. The quantitative estimate of drug-likeness (QED) is 0.565. The van der Waals surface area contributed by atoms with Crippen molar-refractivity contribution < 1.29 is 9.84 Å². The number of hydrogen-bond donors (Lipinski definition) is 1. The van der Waals surface area contributed by atoms with Crippen molar-refractivity contribution in [1.82, 2.24) is 0 Å². The standard InChI is InChI=1S/C9H17BrO2/c10-6-9(11)7-12-5-4-8-2-1-3-8/h8-9,11H,1-7H2. The first-order chi connectivity index (χ1) is 5.83. The van der Waals surface area contributed by atoms with Crippen molar-refractivity contribution in [1.29, 1.82) is 0 Å². The third kappa shape index (κ3) is 3.87. The van der Waals surface area contributed by atoms with Crippen LogP contribution in [-0.2, 0) is 4.74 Å². The van der Waals surface area contributed by atoms with Crippen LogP contribution in [0.1, 0.15) is 25.7 Å². The Balaban J connectivity index is 1.82. The Hall–Kier alpha value is 0.400. The van der Waals surface area contributed by atoms with E-state index in [1.807, 2.05) is 0 Å². The van der Waals surface area contributed by atoms with Gasteiger partial charge in [0.2, 0.25) is 0 Å². The van der Waals surface area contributed by atoms with E-state index in [9.17, 15) is 0 Å². The van der Waals surface area contributed by atoms with Crippen LogP contribution in [-0.4, -0.2) is 29.8 Å². The number of aliphatic hydroxyl groups is 1. The van der Waals surface area contributed by atoms with Crippen LogP contribution in [0.2, 0.25) is 0 Å². The van der Waals surface area contributed by atoms with Gasteiger partial charge in [-0.3, -0.25) is 0 Å². The Bertz CT molecular complexity index is 108. The van der Waals surface area contributed by atoms with Gasteiger partial charge in [-0.15, -0.1) is 0 Å². The average molecular weight is 237 g/mol. The third-order valence-corrected chi connectivity index (χ3v) is 3.13. The molecule has 1 saturated carbocycles. The average Bonchev–Trinajstić information content (AvgIpc) is 2.00. The molecule has 0 heterocycles. The van der Waals surface area contributed by atoms with Gasteiger partial charge < -0.3 is 9.84 Å². The van der Waals surface area contributed by atoms with E-state index >= 15 is 0 Å². The summed E-state index contributed by atoms with van der Waals surface area (Å²) in [6.45, 7) is 1.28. The summed E-state index contributed by atoms with van der Waals surface area (Å²) < 4.78 is 5.31. The molecule has 3 heteroatoms. The minimum atomic E-state index is -0.341. The molecule has 1 rings (SSSR count). The van der Waals surface area contributed by atoms with Crippen LogP contribution in [0.4, 0.5) is 0 Å². The fourth-order valence-electron chi connectivity index (χ4n) is 1.30. The molecule has 1 fully saturated rings. The molecule has 0 aliphatic heterocycles. The molecule has 0 aromatic carbocycles. The molecule has 0 aromatic rings. The summed E-state index contributed by atoms with van der Waals surface area (Å²) in [5.74, 6) is 0.908. The maximum absolute atomic E-state index is 9.12. The summed E-state index contributed by atoms with van der Waals surface area (Å²) >= 11 is 3.19. The van der Waals surface area contributed by atoms with E-state index in [0.717, 1.165) is 12.5 Å². The van der Waals surface area contributed by atoms with Crippen molar-refractivity contribution in [3.8, 4) is 0 Å². The Kier molecular flexibility index (Phi) is 5.19. The lowest BCUT2D eigenvalue weighted by Gasteiger charge is -2.25. The van der Waals surface area contributed by atoms with Gasteiger partial charge >= 0.3 is 0 Å². The van der Waals surface area contributed by atoms with Crippen molar-refractivity contribution in [2.45, 2.75) is 31.8 Å². The summed E-state index contributed by atoms with van der Waals surface area (Å²) in [4.78, 5) is 0.